The van der Waals surface area contributed by atoms with Crippen molar-refractivity contribution in [2.45, 2.75) is 19.8 Å². The summed E-state index contributed by atoms with van der Waals surface area (Å²) in [6, 6.07) is 14.8. The summed E-state index contributed by atoms with van der Waals surface area (Å²) >= 11 is 0. The number of aliphatic hydroxyl groups excluding tert-OH is 1. The molecule has 0 saturated heterocycles. The summed E-state index contributed by atoms with van der Waals surface area (Å²) in [5.41, 5.74) is 3.38. The first-order chi connectivity index (χ1) is 10.2. The molecule has 2 aromatic carbocycles. The molecule has 0 heterocycles. The third kappa shape index (κ3) is 4.15. The Kier molecular flexibility index (Phi) is 5.49. The molecule has 0 radical (unpaired) electrons. The maximum absolute atomic E-state index is 12.1. The Morgan fingerprint density at radius 1 is 1.10 bits per heavy atom. The fourth-order valence-electron chi connectivity index (χ4n) is 2.08. The van der Waals surface area contributed by atoms with Gasteiger partial charge in [0.25, 0.3) is 5.91 Å². The number of rotatable bonds is 6. The summed E-state index contributed by atoms with van der Waals surface area (Å²) in [5, 5.41) is 12.1. The van der Waals surface area contributed by atoms with Gasteiger partial charge in [-0.2, -0.15) is 0 Å². The van der Waals surface area contributed by atoms with Crippen molar-refractivity contribution >= 4 is 5.91 Å². The fourth-order valence-corrected chi connectivity index (χ4v) is 2.08. The summed E-state index contributed by atoms with van der Waals surface area (Å²) in [6.07, 6.45) is 0. The molecule has 0 spiro atoms. The molecule has 0 atom stereocenters. The molecule has 0 aliphatic heterocycles. The number of benzene rings is 2. The van der Waals surface area contributed by atoms with Gasteiger partial charge in [-0.3, -0.25) is 4.79 Å². The summed E-state index contributed by atoms with van der Waals surface area (Å²) < 4.78 is 5.03. The smallest absolute Gasteiger partial charge is 0.251 e. The van der Waals surface area contributed by atoms with Gasteiger partial charge >= 0.3 is 0 Å². The zero-order valence-corrected chi connectivity index (χ0v) is 12.0. The first-order valence-electron chi connectivity index (χ1n) is 6.78. The van der Waals surface area contributed by atoms with Gasteiger partial charge in [0.15, 0.2) is 0 Å². The van der Waals surface area contributed by atoms with Crippen LogP contribution in [0.15, 0.2) is 48.5 Å². The molecule has 4 nitrogen and oxygen atoms in total. The molecule has 1 amide bonds. The summed E-state index contributed by atoms with van der Waals surface area (Å²) in [4.78, 5) is 12.1. The van der Waals surface area contributed by atoms with Gasteiger partial charge in [0.2, 0.25) is 0 Å². The Morgan fingerprint density at radius 2 is 1.76 bits per heavy atom. The van der Waals surface area contributed by atoms with Crippen LogP contribution in [0.3, 0.4) is 0 Å². The van der Waals surface area contributed by atoms with Crippen LogP contribution in [0.4, 0.5) is 0 Å². The highest BCUT2D eigenvalue weighted by Crippen LogP contribution is 2.09. The average Bonchev–Trinajstić information content (AvgIpc) is 2.54. The Labute approximate surface area is 124 Å². The molecule has 21 heavy (non-hydrogen) atoms. The van der Waals surface area contributed by atoms with E-state index in [9.17, 15) is 9.90 Å². The van der Waals surface area contributed by atoms with E-state index in [1.807, 2.05) is 36.4 Å². The van der Waals surface area contributed by atoms with Gasteiger partial charge in [-0.25, -0.2) is 0 Å². The summed E-state index contributed by atoms with van der Waals surface area (Å²) in [7, 11) is 1.64. The lowest BCUT2D eigenvalue weighted by Gasteiger charge is -2.09. The first kappa shape index (κ1) is 15.2. The Hall–Kier alpha value is -2.17. The topological polar surface area (TPSA) is 58.6 Å². The van der Waals surface area contributed by atoms with E-state index in [0.717, 1.165) is 16.7 Å². The zero-order chi connectivity index (χ0) is 15.1. The monoisotopic (exact) mass is 285 g/mol. The lowest BCUT2D eigenvalue weighted by atomic mass is 10.1. The third-order valence-corrected chi connectivity index (χ3v) is 3.26. The predicted molar refractivity (Wildman–Crippen MR) is 80.7 cm³/mol. The number of carbonyl (C=O) groups is 1. The van der Waals surface area contributed by atoms with E-state index in [2.05, 4.69) is 5.32 Å². The number of aliphatic hydroxyl groups is 1. The Bertz CT molecular complexity index is 593. The minimum Gasteiger partial charge on any atom is -0.392 e. The van der Waals surface area contributed by atoms with Crippen molar-refractivity contribution in [3.05, 3.63) is 70.8 Å². The molecule has 2 N–H and O–H groups in total. The average molecular weight is 285 g/mol. The molecule has 4 heteroatoms. The summed E-state index contributed by atoms with van der Waals surface area (Å²) in [5.74, 6) is -0.133. The van der Waals surface area contributed by atoms with Crippen LogP contribution < -0.4 is 5.32 Å². The number of amides is 1. The largest absolute Gasteiger partial charge is 0.392 e. The Balaban J connectivity index is 1.98. The molecule has 0 saturated carbocycles. The van der Waals surface area contributed by atoms with Crippen LogP contribution >= 0.6 is 0 Å². The van der Waals surface area contributed by atoms with E-state index < -0.39 is 0 Å². The zero-order valence-electron chi connectivity index (χ0n) is 12.0. The maximum atomic E-state index is 12.1. The molecule has 2 rings (SSSR count). The number of hydrogen-bond acceptors (Lipinski definition) is 3. The molecular weight excluding hydrogens is 266 g/mol. The highest BCUT2D eigenvalue weighted by atomic mass is 16.5. The van der Waals surface area contributed by atoms with Crippen LogP contribution in [-0.2, 0) is 24.5 Å². The van der Waals surface area contributed by atoms with Gasteiger partial charge in [0.1, 0.15) is 0 Å². The van der Waals surface area contributed by atoms with Crippen LogP contribution in [0.5, 0.6) is 0 Å². The molecule has 0 bridgehead atoms. The molecule has 0 fully saturated rings. The number of carbonyl (C=O) groups excluding carboxylic acids is 1. The van der Waals surface area contributed by atoms with E-state index in [4.69, 9.17) is 4.74 Å². The van der Waals surface area contributed by atoms with Gasteiger partial charge < -0.3 is 15.2 Å². The quantitative estimate of drug-likeness (QED) is 0.856. The van der Waals surface area contributed by atoms with Crippen LogP contribution in [-0.4, -0.2) is 18.1 Å². The van der Waals surface area contributed by atoms with Gasteiger partial charge in [-0.1, -0.05) is 36.4 Å². The number of ether oxygens (including phenoxy) is 1. The lowest BCUT2D eigenvalue weighted by molar-refractivity contribution is 0.0950. The van der Waals surface area contributed by atoms with Crippen molar-refractivity contribution in [3.8, 4) is 0 Å². The molecular formula is C17H19NO3. The molecule has 2 aromatic rings. The molecule has 0 aromatic heterocycles. The lowest BCUT2D eigenvalue weighted by Crippen LogP contribution is -2.23. The molecule has 0 aliphatic rings. The van der Waals surface area contributed by atoms with E-state index >= 15 is 0 Å². The van der Waals surface area contributed by atoms with Gasteiger partial charge in [-0.15, -0.1) is 0 Å². The van der Waals surface area contributed by atoms with Crippen LogP contribution in [0.25, 0.3) is 0 Å². The SMILES string of the molecule is COCc1ccc(C(=O)NCc2ccccc2CO)cc1. The van der Waals surface area contributed by atoms with Gasteiger partial charge in [-0.05, 0) is 28.8 Å². The number of hydrogen-bond donors (Lipinski definition) is 2. The van der Waals surface area contributed by atoms with E-state index in [1.54, 1.807) is 19.2 Å². The number of methoxy groups -OCH3 is 1. The highest BCUT2D eigenvalue weighted by Gasteiger charge is 2.07. The standard InChI is InChI=1S/C17H19NO3/c1-21-12-13-6-8-14(9-7-13)17(20)18-10-15-4-2-3-5-16(15)11-19/h2-9,19H,10-12H2,1H3,(H,18,20). The molecule has 0 aliphatic carbocycles. The maximum Gasteiger partial charge on any atom is 0.251 e. The second kappa shape index (κ2) is 7.57. The second-order valence-electron chi connectivity index (χ2n) is 4.74. The van der Waals surface area contributed by atoms with Crippen molar-refractivity contribution in [1.29, 1.82) is 0 Å². The first-order valence-corrected chi connectivity index (χ1v) is 6.78. The van der Waals surface area contributed by atoms with E-state index in [0.29, 0.717) is 18.7 Å². The van der Waals surface area contributed by atoms with Crippen molar-refractivity contribution in [2.75, 3.05) is 7.11 Å². The number of nitrogens with one attached hydrogen (secondary N) is 1. The van der Waals surface area contributed by atoms with Crippen LogP contribution in [0.2, 0.25) is 0 Å². The van der Waals surface area contributed by atoms with Crippen molar-refractivity contribution in [2.24, 2.45) is 0 Å². The summed E-state index contributed by atoms with van der Waals surface area (Å²) in [6.45, 7) is 0.902. The van der Waals surface area contributed by atoms with Crippen LogP contribution in [0, 0.1) is 0 Å². The Morgan fingerprint density at radius 3 is 2.38 bits per heavy atom. The third-order valence-electron chi connectivity index (χ3n) is 3.26. The van der Waals surface area contributed by atoms with Crippen molar-refractivity contribution in [1.82, 2.24) is 5.32 Å². The van der Waals surface area contributed by atoms with Crippen LogP contribution in [0.1, 0.15) is 27.0 Å². The van der Waals surface area contributed by atoms with E-state index in [1.165, 1.54) is 0 Å². The van der Waals surface area contributed by atoms with Crippen molar-refractivity contribution < 1.29 is 14.6 Å². The molecule has 0 unspecified atom stereocenters. The minimum atomic E-state index is -0.133. The fraction of sp³-hybridized carbons (Fsp3) is 0.235. The highest BCUT2D eigenvalue weighted by molar-refractivity contribution is 5.94. The molecule has 110 valence electrons. The predicted octanol–water partition coefficient (Wildman–Crippen LogP) is 2.26. The van der Waals surface area contributed by atoms with Gasteiger partial charge in [0.05, 0.1) is 13.2 Å². The van der Waals surface area contributed by atoms with E-state index in [-0.39, 0.29) is 12.5 Å². The van der Waals surface area contributed by atoms with Gasteiger partial charge in [0, 0.05) is 19.2 Å². The minimum absolute atomic E-state index is 0.0300. The second-order valence-corrected chi connectivity index (χ2v) is 4.74. The van der Waals surface area contributed by atoms with Crippen molar-refractivity contribution in [3.63, 3.8) is 0 Å². The normalized spacial score (nSPS) is 10.4.